The maximum atomic E-state index is 13.1. The van der Waals surface area contributed by atoms with Crippen molar-refractivity contribution in [1.82, 2.24) is 4.57 Å². The lowest BCUT2D eigenvalue weighted by atomic mass is 10.0. The highest BCUT2D eigenvalue weighted by molar-refractivity contribution is 6.17. The molecular formula is C28H32N2O3. The van der Waals surface area contributed by atoms with Crippen molar-refractivity contribution in [1.29, 1.82) is 0 Å². The number of rotatable bonds is 8. The van der Waals surface area contributed by atoms with E-state index in [0.29, 0.717) is 18.8 Å². The Morgan fingerprint density at radius 3 is 2.15 bits per heavy atom. The van der Waals surface area contributed by atoms with E-state index in [0.717, 1.165) is 51.9 Å². The molecule has 0 aliphatic carbocycles. The van der Waals surface area contributed by atoms with Crippen molar-refractivity contribution in [2.45, 2.75) is 34.6 Å². The number of aromatic nitrogens is 1. The first-order valence-corrected chi connectivity index (χ1v) is 11.8. The van der Waals surface area contributed by atoms with E-state index < -0.39 is 0 Å². The minimum atomic E-state index is -0.309. The quantitative estimate of drug-likeness (QED) is 0.290. The van der Waals surface area contributed by atoms with Crippen LogP contribution >= 0.6 is 0 Å². The summed E-state index contributed by atoms with van der Waals surface area (Å²) in [7, 11) is 0. The average molecular weight is 445 g/mol. The number of benzene rings is 3. The first-order chi connectivity index (χ1) is 16.0. The van der Waals surface area contributed by atoms with Crippen LogP contribution in [0.15, 0.2) is 54.6 Å². The van der Waals surface area contributed by atoms with E-state index in [-0.39, 0.29) is 5.97 Å². The molecule has 3 aromatic carbocycles. The van der Waals surface area contributed by atoms with Gasteiger partial charge < -0.3 is 18.9 Å². The lowest BCUT2D eigenvalue weighted by Gasteiger charge is -2.21. The van der Waals surface area contributed by atoms with Crippen molar-refractivity contribution < 1.29 is 14.3 Å². The van der Waals surface area contributed by atoms with Crippen molar-refractivity contribution in [3.05, 3.63) is 65.9 Å². The van der Waals surface area contributed by atoms with Crippen molar-refractivity contribution in [3.63, 3.8) is 0 Å². The van der Waals surface area contributed by atoms with Gasteiger partial charge in [0, 0.05) is 46.3 Å². The molecule has 0 unspecified atom stereocenters. The molecule has 0 fully saturated rings. The number of ether oxygens (including phenoxy) is 2. The fourth-order valence-corrected chi connectivity index (χ4v) is 4.69. The van der Waals surface area contributed by atoms with Gasteiger partial charge in [0.25, 0.3) is 0 Å². The predicted molar refractivity (Wildman–Crippen MR) is 136 cm³/mol. The van der Waals surface area contributed by atoms with Crippen LogP contribution in [-0.4, -0.2) is 36.8 Å². The number of hydrogen-bond donors (Lipinski definition) is 0. The molecule has 0 aliphatic rings. The molecule has 172 valence electrons. The van der Waals surface area contributed by atoms with Gasteiger partial charge in [-0.2, -0.15) is 0 Å². The zero-order chi connectivity index (χ0) is 23.5. The lowest BCUT2D eigenvalue weighted by molar-refractivity contribution is 0.0527. The van der Waals surface area contributed by atoms with E-state index >= 15 is 0 Å². The van der Waals surface area contributed by atoms with E-state index in [4.69, 9.17) is 9.47 Å². The van der Waals surface area contributed by atoms with Crippen LogP contribution in [0.4, 0.5) is 5.69 Å². The third kappa shape index (κ3) is 3.92. The van der Waals surface area contributed by atoms with Crippen LogP contribution < -0.4 is 9.64 Å². The maximum Gasteiger partial charge on any atom is 0.340 e. The van der Waals surface area contributed by atoms with E-state index in [1.807, 2.05) is 39.0 Å². The fourth-order valence-electron chi connectivity index (χ4n) is 4.69. The molecule has 0 aliphatic heterocycles. The Morgan fingerprint density at radius 2 is 1.55 bits per heavy atom. The predicted octanol–water partition coefficient (Wildman–Crippen LogP) is 6.51. The van der Waals surface area contributed by atoms with Crippen molar-refractivity contribution in [2.75, 3.05) is 31.2 Å². The summed E-state index contributed by atoms with van der Waals surface area (Å²) in [6.45, 7) is 12.9. The van der Waals surface area contributed by atoms with Gasteiger partial charge in [0.15, 0.2) is 0 Å². The molecule has 0 amide bonds. The molecular weight excluding hydrogens is 412 g/mol. The molecule has 0 N–H and O–H groups in total. The molecule has 0 bridgehead atoms. The maximum absolute atomic E-state index is 13.1. The number of hydrogen-bond acceptors (Lipinski definition) is 4. The largest absolute Gasteiger partial charge is 0.493 e. The Kier molecular flexibility index (Phi) is 6.59. The first kappa shape index (κ1) is 22.7. The van der Waals surface area contributed by atoms with E-state index in [1.54, 1.807) is 0 Å². The molecule has 1 heterocycles. The van der Waals surface area contributed by atoms with Crippen molar-refractivity contribution in [2.24, 2.45) is 0 Å². The standard InChI is InChI=1S/C28H32N2O3/c1-6-29(7-2)20-14-16-21(17-15-20)30-19(5)26(28(31)33-9-4)24-18-25(32-8-3)22-12-10-11-13-23(22)27(24)30/h10-18H,6-9H2,1-5H3. The summed E-state index contributed by atoms with van der Waals surface area (Å²) in [6.07, 6.45) is 0. The molecule has 0 radical (unpaired) electrons. The molecule has 0 saturated heterocycles. The Labute approximate surface area is 195 Å². The number of nitrogens with zero attached hydrogens (tertiary/aromatic N) is 2. The monoisotopic (exact) mass is 444 g/mol. The number of carbonyl (C=O) groups excluding carboxylic acids is 1. The lowest BCUT2D eigenvalue weighted by Crippen LogP contribution is -2.21. The zero-order valence-electron chi connectivity index (χ0n) is 20.1. The topological polar surface area (TPSA) is 43.7 Å². The van der Waals surface area contributed by atoms with Gasteiger partial charge in [-0.05, 0) is 65.0 Å². The molecule has 1 aromatic heterocycles. The first-order valence-electron chi connectivity index (χ1n) is 11.8. The Balaban J connectivity index is 2.05. The summed E-state index contributed by atoms with van der Waals surface area (Å²) in [6, 6.07) is 18.7. The number of carbonyl (C=O) groups is 1. The summed E-state index contributed by atoms with van der Waals surface area (Å²) in [4.78, 5) is 15.4. The van der Waals surface area contributed by atoms with Gasteiger partial charge in [0.05, 0.1) is 24.3 Å². The molecule has 5 nitrogen and oxygen atoms in total. The van der Waals surface area contributed by atoms with Gasteiger partial charge in [-0.3, -0.25) is 0 Å². The van der Waals surface area contributed by atoms with Gasteiger partial charge in [0.2, 0.25) is 0 Å². The van der Waals surface area contributed by atoms with E-state index in [1.165, 1.54) is 5.69 Å². The van der Waals surface area contributed by atoms with Crippen LogP contribution in [0.2, 0.25) is 0 Å². The van der Waals surface area contributed by atoms with Gasteiger partial charge in [-0.25, -0.2) is 4.79 Å². The van der Waals surface area contributed by atoms with Crippen LogP contribution in [0.25, 0.3) is 27.4 Å². The Morgan fingerprint density at radius 1 is 0.879 bits per heavy atom. The summed E-state index contributed by atoms with van der Waals surface area (Å²) >= 11 is 0. The third-order valence-corrected chi connectivity index (χ3v) is 6.18. The third-order valence-electron chi connectivity index (χ3n) is 6.18. The second-order valence-corrected chi connectivity index (χ2v) is 7.95. The smallest absolute Gasteiger partial charge is 0.340 e. The molecule has 0 atom stereocenters. The second-order valence-electron chi connectivity index (χ2n) is 7.95. The van der Waals surface area contributed by atoms with Crippen LogP contribution in [0.5, 0.6) is 5.75 Å². The number of fused-ring (bicyclic) bond motifs is 3. The average Bonchev–Trinajstić information content (AvgIpc) is 3.12. The fraction of sp³-hybridized carbons (Fsp3) is 0.321. The summed E-state index contributed by atoms with van der Waals surface area (Å²) in [5.41, 5.74) is 4.64. The number of anilines is 1. The van der Waals surface area contributed by atoms with Gasteiger partial charge in [-0.15, -0.1) is 0 Å². The van der Waals surface area contributed by atoms with Crippen LogP contribution in [0.3, 0.4) is 0 Å². The Bertz CT molecular complexity index is 1280. The molecule has 0 spiro atoms. The van der Waals surface area contributed by atoms with Gasteiger partial charge >= 0.3 is 5.97 Å². The summed E-state index contributed by atoms with van der Waals surface area (Å²) in [5, 5.41) is 2.92. The van der Waals surface area contributed by atoms with Gasteiger partial charge in [-0.1, -0.05) is 24.3 Å². The van der Waals surface area contributed by atoms with Gasteiger partial charge in [0.1, 0.15) is 5.75 Å². The minimum absolute atomic E-state index is 0.309. The number of esters is 1. The van der Waals surface area contributed by atoms with E-state index in [9.17, 15) is 4.79 Å². The highest BCUT2D eigenvalue weighted by atomic mass is 16.5. The van der Waals surface area contributed by atoms with Crippen LogP contribution in [-0.2, 0) is 4.74 Å². The molecule has 4 aromatic rings. The Hall–Kier alpha value is -3.47. The van der Waals surface area contributed by atoms with Crippen LogP contribution in [0.1, 0.15) is 43.7 Å². The minimum Gasteiger partial charge on any atom is -0.493 e. The second kappa shape index (κ2) is 9.57. The SMILES string of the molecule is CCOC(=O)c1c(C)n(-c2ccc(N(CC)CC)cc2)c2c1cc(OCC)c1ccccc12. The molecule has 5 heteroatoms. The van der Waals surface area contributed by atoms with Crippen molar-refractivity contribution >= 4 is 33.3 Å². The molecule has 33 heavy (non-hydrogen) atoms. The summed E-state index contributed by atoms with van der Waals surface area (Å²) < 4.78 is 13.6. The van der Waals surface area contributed by atoms with E-state index in [2.05, 4.69) is 59.7 Å². The summed E-state index contributed by atoms with van der Waals surface area (Å²) in [5.74, 6) is 0.469. The normalized spacial score (nSPS) is 11.2. The molecule has 4 rings (SSSR count). The molecule has 0 saturated carbocycles. The van der Waals surface area contributed by atoms with Crippen molar-refractivity contribution in [3.8, 4) is 11.4 Å². The van der Waals surface area contributed by atoms with Crippen LogP contribution in [0, 0.1) is 6.92 Å². The highest BCUT2D eigenvalue weighted by Crippen LogP contribution is 2.40. The highest BCUT2D eigenvalue weighted by Gasteiger charge is 2.25. The zero-order valence-corrected chi connectivity index (χ0v) is 20.1.